The lowest BCUT2D eigenvalue weighted by Gasteiger charge is -2.07. The first kappa shape index (κ1) is 20.9. The van der Waals surface area contributed by atoms with Crippen LogP contribution in [0.3, 0.4) is 0 Å². The summed E-state index contributed by atoms with van der Waals surface area (Å²) in [6.07, 6.45) is 0.0828. The van der Waals surface area contributed by atoms with Crippen molar-refractivity contribution >= 4 is 59.7 Å². The third-order valence-electron chi connectivity index (χ3n) is 2.79. The molecule has 0 fully saturated rings. The Kier molecular flexibility index (Phi) is 9.25. The lowest BCUT2D eigenvalue weighted by molar-refractivity contribution is -0.140. The molecule has 0 aliphatic carbocycles. The number of halogens is 3. The lowest BCUT2D eigenvalue weighted by Crippen LogP contribution is -2.07. The topological polar surface area (TPSA) is 63.6 Å². The molecule has 128 valence electrons. The minimum Gasteiger partial charge on any atom is -0.481 e. The van der Waals surface area contributed by atoms with Crippen LogP contribution in [0.4, 0.5) is 0 Å². The standard InChI is InChI=1S/C9H8Br2O2.C8H7BrO2/c1-13-9(12)8(11)6-3-2-4-7(10)5-6;9-7-3-1-2-6(4-7)5-8(10)11/h2-5,8H,1H3;1-4H,5H2,(H,10,11). The molecule has 0 aromatic heterocycles. The van der Waals surface area contributed by atoms with Crippen LogP contribution in [-0.4, -0.2) is 24.2 Å². The van der Waals surface area contributed by atoms with Gasteiger partial charge < -0.3 is 9.84 Å². The van der Waals surface area contributed by atoms with Gasteiger partial charge in [0.2, 0.25) is 0 Å². The maximum absolute atomic E-state index is 11.1. The maximum atomic E-state index is 11.1. The Morgan fingerprint density at radius 1 is 1.08 bits per heavy atom. The van der Waals surface area contributed by atoms with Crippen LogP contribution in [0.2, 0.25) is 0 Å². The molecule has 2 aromatic carbocycles. The number of aliphatic carboxylic acids is 1. The van der Waals surface area contributed by atoms with E-state index < -0.39 is 10.8 Å². The molecule has 2 aromatic rings. The zero-order valence-corrected chi connectivity index (χ0v) is 17.5. The van der Waals surface area contributed by atoms with Gasteiger partial charge >= 0.3 is 11.9 Å². The van der Waals surface area contributed by atoms with Gasteiger partial charge in [-0.15, -0.1) is 0 Å². The van der Waals surface area contributed by atoms with Crippen molar-refractivity contribution in [2.24, 2.45) is 0 Å². The van der Waals surface area contributed by atoms with Crippen molar-refractivity contribution in [1.29, 1.82) is 0 Å². The van der Waals surface area contributed by atoms with Crippen molar-refractivity contribution < 1.29 is 19.4 Å². The van der Waals surface area contributed by atoms with Crippen LogP contribution in [0, 0.1) is 0 Å². The Morgan fingerprint density at radius 2 is 1.67 bits per heavy atom. The summed E-state index contributed by atoms with van der Waals surface area (Å²) in [5, 5.41) is 8.44. The molecule has 0 aliphatic heterocycles. The number of ether oxygens (including phenoxy) is 1. The normalized spacial score (nSPS) is 11.0. The van der Waals surface area contributed by atoms with Crippen LogP contribution >= 0.6 is 47.8 Å². The van der Waals surface area contributed by atoms with E-state index in [4.69, 9.17) is 5.11 Å². The van der Waals surface area contributed by atoms with Gasteiger partial charge in [-0.1, -0.05) is 72.1 Å². The van der Waals surface area contributed by atoms with Crippen molar-refractivity contribution in [1.82, 2.24) is 0 Å². The molecule has 0 aliphatic rings. The first-order valence-electron chi connectivity index (χ1n) is 6.77. The van der Waals surface area contributed by atoms with Crippen LogP contribution in [0.5, 0.6) is 0 Å². The van der Waals surface area contributed by atoms with Crippen molar-refractivity contribution in [3.63, 3.8) is 0 Å². The molecule has 0 saturated heterocycles. The van der Waals surface area contributed by atoms with Crippen LogP contribution in [0.25, 0.3) is 0 Å². The Bertz CT molecular complexity index is 704. The van der Waals surface area contributed by atoms with E-state index in [9.17, 15) is 9.59 Å². The molecule has 24 heavy (non-hydrogen) atoms. The monoisotopic (exact) mass is 520 g/mol. The molecule has 7 heteroatoms. The second-order valence-electron chi connectivity index (χ2n) is 4.64. The van der Waals surface area contributed by atoms with Crippen molar-refractivity contribution in [3.05, 3.63) is 68.6 Å². The average molecular weight is 523 g/mol. The first-order valence-corrected chi connectivity index (χ1v) is 9.27. The van der Waals surface area contributed by atoms with E-state index in [1.165, 1.54) is 7.11 Å². The number of carbonyl (C=O) groups is 2. The summed E-state index contributed by atoms with van der Waals surface area (Å²) >= 11 is 9.84. The molecule has 0 radical (unpaired) electrons. The highest BCUT2D eigenvalue weighted by atomic mass is 79.9. The summed E-state index contributed by atoms with van der Waals surface area (Å²) in [6, 6.07) is 14.8. The second kappa shape index (κ2) is 10.6. The summed E-state index contributed by atoms with van der Waals surface area (Å²) in [7, 11) is 1.37. The smallest absolute Gasteiger partial charge is 0.323 e. The Morgan fingerprint density at radius 3 is 2.17 bits per heavy atom. The van der Waals surface area contributed by atoms with E-state index in [0.29, 0.717) is 0 Å². The minimum atomic E-state index is -0.803. The summed E-state index contributed by atoms with van der Waals surface area (Å²) in [5.41, 5.74) is 1.69. The summed E-state index contributed by atoms with van der Waals surface area (Å²) < 4.78 is 6.46. The number of benzene rings is 2. The Balaban J connectivity index is 0.000000243. The zero-order chi connectivity index (χ0) is 18.1. The molecule has 1 N–H and O–H groups in total. The number of carbonyl (C=O) groups excluding carboxylic acids is 1. The molecule has 2 rings (SSSR count). The Labute approximate surface area is 165 Å². The fourth-order valence-corrected chi connectivity index (χ4v) is 3.06. The van der Waals surface area contributed by atoms with Crippen molar-refractivity contribution in [3.8, 4) is 0 Å². The van der Waals surface area contributed by atoms with E-state index >= 15 is 0 Å². The number of rotatable bonds is 4. The summed E-state index contributed by atoms with van der Waals surface area (Å²) in [4.78, 5) is 21.0. The molecule has 0 saturated carbocycles. The van der Waals surface area contributed by atoms with E-state index in [1.54, 1.807) is 12.1 Å². The number of methoxy groups -OCH3 is 1. The van der Waals surface area contributed by atoms with Crippen molar-refractivity contribution in [2.75, 3.05) is 7.11 Å². The summed E-state index contributed by atoms with van der Waals surface area (Å²) in [6.45, 7) is 0. The van der Waals surface area contributed by atoms with Gasteiger partial charge in [0.15, 0.2) is 0 Å². The highest BCUT2D eigenvalue weighted by Crippen LogP contribution is 2.26. The molecule has 1 atom stereocenters. The first-order chi connectivity index (χ1) is 11.3. The SMILES string of the molecule is COC(=O)C(Br)c1cccc(Br)c1.O=C(O)Cc1cccc(Br)c1. The summed E-state index contributed by atoms with van der Waals surface area (Å²) in [5.74, 6) is -1.10. The fraction of sp³-hybridized carbons (Fsp3) is 0.176. The van der Waals surface area contributed by atoms with Gasteiger partial charge in [0.25, 0.3) is 0 Å². The molecule has 0 heterocycles. The van der Waals surface area contributed by atoms with Crippen LogP contribution in [0.15, 0.2) is 57.5 Å². The van der Waals surface area contributed by atoms with E-state index in [-0.39, 0.29) is 12.4 Å². The van der Waals surface area contributed by atoms with Gasteiger partial charge in [-0.3, -0.25) is 9.59 Å². The third-order valence-corrected chi connectivity index (χ3v) is 4.68. The minimum absolute atomic E-state index is 0.0828. The quantitative estimate of drug-likeness (QED) is 0.446. The number of alkyl halides is 1. The van der Waals surface area contributed by atoms with Crippen LogP contribution in [0.1, 0.15) is 16.0 Å². The number of carboxylic acids is 1. The molecular weight excluding hydrogens is 508 g/mol. The van der Waals surface area contributed by atoms with Gasteiger partial charge in [-0.25, -0.2) is 0 Å². The third kappa shape index (κ3) is 7.59. The zero-order valence-electron chi connectivity index (χ0n) is 12.7. The number of carboxylic acid groups (broad SMARTS) is 1. The second-order valence-corrected chi connectivity index (χ2v) is 7.39. The predicted molar refractivity (Wildman–Crippen MR) is 103 cm³/mol. The van der Waals surface area contributed by atoms with E-state index in [0.717, 1.165) is 20.1 Å². The fourth-order valence-electron chi connectivity index (χ4n) is 1.73. The largest absolute Gasteiger partial charge is 0.481 e. The molecule has 0 bridgehead atoms. The molecular formula is C17H15Br3O4. The van der Waals surface area contributed by atoms with Crippen molar-refractivity contribution in [2.45, 2.75) is 11.2 Å². The molecule has 0 spiro atoms. The average Bonchev–Trinajstić information content (AvgIpc) is 2.53. The molecule has 0 amide bonds. The van der Waals surface area contributed by atoms with Crippen LogP contribution < -0.4 is 0 Å². The lowest BCUT2D eigenvalue weighted by atomic mass is 10.1. The van der Waals surface area contributed by atoms with Gasteiger partial charge in [-0.2, -0.15) is 0 Å². The molecule has 4 nitrogen and oxygen atoms in total. The number of hydrogen-bond acceptors (Lipinski definition) is 3. The highest BCUT2D eigenvalue weighted by Gasteiger charge is 2.17. The number of hydrogen-bond donors (Lipinski definition) is 1. The van der Waals surface area contributed by atoms with Gasteiger partial charge in [0.1, 0.15) is 4.83 Å². The highest BCUT2D eigenvalue weighted by molar-refractivity contribution is 9.11. The van der Waals surface area contributed by atoms with E-state index in [1.807, 2.05) is 36.4 Å². The Hall–Kier alpha value is -1.18. The van der Waals surface area contributed by atoms with Crippen LogP contribution in [-0.2, 0) is 20.7 Å². The van der Waals surface area contributed by atoms with Gasteiger partial charge in [0.05, 0.1) is 13.5 Å². The maximum Gasteiger partial charge on any atom is 0.323 e. The van der Waals surface area contributed by atoms with Gasteiger partial charge in [0, 0.05) is 8.95 Å². The van der Waals surface area contributed by atoms with Gasteiger partial charge in [-0.05, 0) is 35.4 Å². The predicted octanol–water partition coefficient (Wildman–Crippen LogP) is 5.13. The van der Waals surface area contributed by atoms with E-state index in [2.05, 4.69) is 52.5 Å². The molecule has 1 unspecified atom stereocenters. The number of esters is 1.